The average molecular weight is 774 g/mol. The summed E-state index contributed by atoms with van der Waals surface area (Å²) >= 11 is 1.93. The number of anilines is 3. The van der Waals surface area contributed by atoms with Gasteiger partial charge in [0.05, 0.1) is 0 Å². The number of fused-ring (bicyclic) bond motifs is 10. The van der Waals surface area contributed by atoms with Crippen molar-refractivity contribution < 1.29 is 4.42 Å². The third-order valence-corrected chi connectivity index (χ3v) is 18.2. The third kappa shape index (κ3) is 4.89. The molecule has 0 saturated carbocycles. The zero-order valence-electron chi connectivity index (χ0n) is 31.5. The number of benzene rings is 9. The average Bonchev–Trinajstić information content (AvgIpc) is 3.95. The van der Waals surface area contributed by atoms with Gasteiger partial charge in [-0.25, -0.2) is 0 Å². The molecular formula is C54H35NOSSi. The molecule has 11 aromatic rings. The van der Waals surface area contributed by atoms with Crippen LogP contribution < -0.4 is 25.6 Å². The highest BCUT2D eigenvalue weighted by atomic mass is 32.1. The van der Waals surface area contributed by atoms with Crippen LogP contribution in [0.5, 0.6) is 0 Å². The van der Waals surface area contributed by atoms with Crippen molar-refractivity contribution in [3.05, 3.63) is 212 Å². The van der Waals surface area contributed by atoms with Crippen LogP contribution in [0.15, 0.2) is 217 Å². The lowest BCUT2D eigenvalue weighted by Crippen LogP contribution is -2.72. The summed E-state index contributed by atoms with van der Waals surface area (Å²) in [6, 6.07) is 78.3. The van der Waals surface area contributed by atoms with E-state index in [0.717, 1.165) is 39.0 Å². The van der Waals surface area contributed by atoms with Gasteiger partial charge < -0.3 is 9.32 Å². The van der Waals surface area contributed by atoms with Crippen molar-refractivity contribution >= 4 is 99.3 Å². The molecule has 0 saturated heterocycles. The molecule has 0 amide bonds. The molecule has 0 spiro atoms. The molecule has 0 N–H and O–H groups in total. The van der Waals surface area contributed by atoms with Gasteiger partial charge in [-0.2, -0.15) is 0 Å². The largest absolute Gasteiger partial charge is 0.456 e. The molecule has 0 bridgehead atoms. The Morgan fingerprint density at radius 2 is 0.966 bits per heavy atom. The summed E-state index contributed by atoms with van der Waals surface area (Å²) in [5.74, 6) is 0. The lowest BCUT2D eigenvalue weighted by atomic mass is 10.0. The molecule has 1 aliphatic heterocycles. The van der Waals surface area contributed by atoms with Crippen molar-refractivity contribution in [2.75, 3.05) is 4.90 Å². The fourth-order valence-corrected chi connectivity index (χ4v) is 16.2. The van der Waals surface area contributed by atoms with Gasteiger partial charge in [0.1, 0.15) is 11.2 Å². The lowest BCUT2D eigenvalue weighted by molar-refractivity contribution is 0.669. The number of para-hydroxylation sites is 1. The summed E-state index contributed by atoms with van der Waals surface area (Å²) in [6.07, 6.45) is 0. The van der Waals surface area contributed by atoms with E-state index in [1.807, 2.05) is 17.4 Å². The zero-order chi connectivity index (χ0) is 38.2. The molecule has 2 nitrogen and oxygen atoms in total. The van der Waals surface area contributed by atoms with Crippen LogP contribution in [0.4, 0.5) is 17.1 Å². The summed E-state index contributed by atoms with van der Waals surface area (Å²) < 4.78 is 9.20. The minimum absolute atomic E-state index is 0.877. The van der Waals surface area contributed by atoms with Crippen LogP contribution >= 0.6 is 11.3 Å². The van der Waals surface area contributed by atoms with Gasteiger partial charge in [-0.3, -0.25) is 0 Å². The Balaban J connectivity index is 1.14. The van der Waals surface area contributed by atoms with Crippen molar-refractivity contribution in [2.45, 2.75) is 0 Å². The molecule has 272 valence electrons. The molecule has 0 aliphatic carbocycles. The van der Waals surface area contributed by atoms with Crippen molar-refractivity contribution in [2.24, 2.45) is 0 Å². The van der Waals surface area contributed by atoms with Crippen LogP contribution in [0.1, 0.15) is 0 Å². The Bertz CT molecular complexity index is 3290. The number of thiophene rings is 1. The highest BCUT2D eigenvalue weighted by Gasteiger charge is 2.49. The topological polar surface area (TPSA) is 16.4 Å². The van der Waals surface area contributed by atoms with Crippen molar-refractivity contribution in [1.82, 2.24) is 0 Å². The van der Waals surface area contributed by atoms with Gasteiger partial charge in [0, 0.05) is 54.1 Å². The predicted molar refractivity (Wildman–Crippen MR) is 249 cm³/mol. The molecule has 3 heterocycles. The number of hydrogen-bond donors (Lipinski definition) is 0. The van der Waals surface area contributed by atoms with E-state index in [-0.39, 0.29) is 0 Å². The standard InChI is InChI=1S/C54H35NOSSi/c1-4-14-36(15-5-1)37-24-26-38(27-25-37)55(39-28-30-44-43-20-10-12-22-48(43)56-49(44)34-39)40-29-31-47-52(35-40)58(41-16-6-2-7-17-41,42-18-8-3-9-19-42)51-33-32-46-45-21-11-13-23-50(45)57-54(46)53(47)51/h1-35H. The Labute approximate surface area is 341 Å². The van der Waals surface area contributed by atoms with E-state index < -0.39 is 8.07 Å². The molecule has 12 rings (SSSR count). The van der Waals surface area contributed by atoms with Gasteiger partial charge in [-0.15, -0.1) is 11.3 Å². The fraction of sp³-hybridized carbons (Fsp3) is 0. The van der Waals surface area contributed by atoms with Gasteiger partial charge >= 0.3 is 0 Å². The summed E-state index contributed by atoms with van der Waals surface area (Å²) in [5.41, 5.74) is 10.1. The van der Waals surface area contributed by atoms with Gasteiger partial charge in [0.15, 0.2) is 8.07 Å². The van der Waals surface area contributed by atoms with E-state index in [1.165, 1.54) is 63.2 Å². The third-order valence-electron chi connectivity index (χ3n) is 12.2. The van der Waals surface area contributed by atoms with E-state index in [2.05, 4.69) is 211 Å². The normalized spacial score (nSPS) is 13.0. The van der Waals surface area contributed by atoms with Crippen LogP contribution in [0.3, 0.4) is 0 Å². The molecule has 58 heavy (non-hydrogen) atoms. The monoisotopic (exact) mass is 773 g/mol. The second-order valence-electron chi connectivity index (χ2n) is 15.2. The fourth-order valence-electron chi connectivity index (χ4n) is 9.61. The maximum Gasteiger partial charge on any atom is 0.181 e. The second-order valence-corrected chi connectivity index (χ2v) is 20.0. The molecular weight excluding hydrogens is 739 g/mol. The molecule has 9 aromatic carbocycles. The highest BCUT2D eigenvalue weighted by Crippen LogP contribution is 2.45. The Kier molecular flexibility index (Phi) is 7.46. The zero-order valence-corrected chi connectivity index (χ0v) is 33.3. The van der Waals surface area contributed by atoms with Crippen LogP contribution in [0, 0.1) is 0 Å². The van der Waals surface area contributed by atoms with Gasteiger partial charge in [-0.05, 0) is 91.5 Å². The molecule has 4 heteroatoms. The lowest BCUT2D eigenvalue weighted by Gasteiger charge is -2.32. The van der Waals surface area contributed by atoms with E-state index in [1.54, 1.807) is 0 Å². The first-order chi connectivity index (χ1) is 28.8. The van der Waals surface area contributed by atoms with Crippen LogP contribution in [-0.2, 0) is 0 Å². The summed E-state index contributed by atoms with van der Waals surface area (Å²) in [7, 11) is -2.83. The van der Waals surface area contributed by atoms with Gasteiger partial charge in [-0.1, -0.05) is 158 Å². The maximum absolute atomic E-state index is 6.50. The Hall–Kier alpha value is -6.98. The Morgan fingerprint density at radius 3 is 1.72 bits per heavy atom. The second kappa shape index (κ2) is 13.0. The quantitative estimate of drug-likeness (QED) is 0.157. The highest BCUT2D eigenvalue weighted by molar-refractivity contribution is 7.28. The van der Waals surface area contributed by atoms with Crippen molar-refractivity contribution in [3.8, 4) is 22.3 Å². The van der Waals surface area contributed by atoms with Gasteiger partial charge in [0.25, 0.3) is 0 Å². The molecule has 0 unspecified atom stereocenters. The first kappa shape index (κ1) is 33.2. The molecule has 0 radical (unpaired) electrons. The minimum Gasteiger partial charge on any atom is -0.456 e. The van der Waals surface area contributed by atoms with E-state index in [4.69, 9.17) is 4.42 Å². The number of hydrogen-bond acceptors (Lipinski definition) is 3. The number of rotatable bonds is 6. The summed E-state index contributed by atoms with van der Waals surface area (Å²) in [5, 5.41) is 10.6. The van der Waals surface area contributed by atoms with E-state index >= 15 is 0 Å². The van der Waals surface area contributed by atoms with Gasteiger partial charge in [0.2, 0.25) is 0 Å². The van der Waals surface area contributed by atoms with Crippen molar-refractivity contribution in [3.63, 3.8) is 0 Å². The summed E-state index contributed by atoms with van der Waals surface area (Å²) in [6.45, 7) is 0. The summed E-state index contributed by atoms with van der Waals surface area (Å²) in [4.78, 5) is 2.41. The smallest absolute Gasteiger partial charge is 0.181 e. The molecule has 2 aromatic heterocycles. The molecule has 0 atom stereocenters. The van der Waals surface area contributed by atoms with Crippen LogP contribution in [0.2, 0.25) is 0 Å². The van der Waals surface area contributed by atoms with Crippen LogP contribution in [-0.4, -0.2) is 8.07 Å². The molecule has 0 fully saturated rings. The van der Waals surface area contributed by atoms with E-state index in [0.29, 0.717) is 0 Å². The minimum atomic E-state index is -2.83. The first-order valence-electron chi connectivity index (χ1n) is 19.8. The molecule has 1 aliphatic rings. The van der Waals surface area contributed by atoms with E-state index in [9.17, 15) is 0 Å². The maximum atomic E-state index is 6.50. The van der Waals surface area contributed by atoms with Crippen molar-refractivity contribution in [1.29, 1.82) is 0 Å². The van der Waals surface area contributed by atoms with Crippen LogP contribution in [0.25, 0.3) is 64.4 Å². The Morgan fingerprint density at radius 1 is 0.397 bits per heavy atom. The number of furan rings is 1. The number of nitrogens with zero attached hydrogens (tertiary/aromatic N) is 1. The SMILES string of the molecule is c1ccc(-c2ccc(N(c3ccc4c(c3)[Si](c3ccccc3)(c3ccccc3)c3ccc5c(sc6ccccc65)c3-4)c3ccc4c(c3)oc3ccccc34)cc2)cc1. The first-order valence-corrected chi connectivity index (χ1v) is 22.6. The predicted octanol–water partition coefficient (Wildman–Crippen LogP) is 12.4.